The highest BCUT2D eigenvalue weighted by Gasteiger charge is 2.26. The minimum absolute atomic E-state index is 0.883. The summed E-state index contributed by atoms with van der Waals surface area (Å²) >= 11 is 1.78. The second kappa shape index (κ2) is 7.29. The highest BCUT2D eigenvalue weighted by atomic mass is 32.2. The number of rotatable bonds is 2. The zero-order chi connectivity index (χ0) is 21.8. The third-order valence-electron chi connectivity index (χ3n) is 6.10. The lowest BCUT2D eigenvalue weighted by Gasteiger charge is -2.23. The van der Waals surface area contributed by atoms with E-state index in [4.69, 9.17) is 15.0 Å². The molecule has 0 saturated carbocycles. The molecule has 0 amide bonds. The molecule has 7 rings (SSSR count). The van der Waals surface area contributed by atoms with Crippen LogP contribution in [-0.2, 0) is 5.75 Å². The van der Waals surface area contributed by atoms with Crippen molar-refractivity contribution >= 4 is 33.8 Å². The van der Waals surface area contributed by atoms with Crippen molar-refractivity contribution in [3.63, 3.8) is 0 Å². The van der Waals surface area contributed by atoms with Crippen molar-refractivity contribution in [2.45, 2.75) is 10.9 Å². The maximum atomic E-state index is 5.16. The van der Waals surface area contributed by atoms with E-state index in [0.717, 1.165) is 61.2 Å². The van der Waals surface area contributed by atoms with E-state index in [1.165, 1.54) is 5.56 Å². The van der Waals surface area contributed by atoms with Gasteiger partial charge in [0.25, 0.3) is 0 Å². The molecule has 0 N–H and O–H groups in total. The normalized spacial score (nSPS) is 12.6. The highest BCUT2D eigenvalue weighted by Crippen LogP contribution is 2.43. The molecule has 2 aromatic heterocycles. The van der Waals surface area contributed by atoms with Crippen LogP contribution < -0.4 is 0 Å². The van der Waals surface area contributed by atoms with E-state index in [1.54, 1.807) is 11.8 Å². The Hall–Kier alpha value is -3.96. The predicted octanol–water partition coefficient (Wildman–Crippen LogP) is 6.91. The molecular formula is C28H18N4S. The summed E-state index contributed by atoms with van der Waals surface area (Å²) in [5.41, 5.74) is 10.3. The zero-order valence-electron chi connectivity index (χ0n) is 17.6. The Balaban J connectivity index is 1.58. The molecular weight excluding hydrogens is 424 g/mol. The van der Waals surface area contributed by atoms with Gasteiger partial charge in [-0.1, -0.05) is 84.6 Å². The molecule has 0 atom stereocenters. The SMILES string of the molecule is c1ccc(-c2nc3ccccc3nc2-c2cccc3c2-n2c(nc4ccccc42)SC3)cc1. The van der Waals surface area contributed by atoms with Gasteiger partial charge in [0.05, 0.1) is 39.1 Å². The molecule has 5 heteroatoms. The molecule has 0 radical (unpaired) electrons. The quantitative estimate of drug-likeness (QED) is 0.292. The molecule has 0 bridgehead atoms. The minimum atomic E-state index is 0.883. The number of nitrogens with zero attached hydrogens (tertiary/aromatic N) is 4. The first kappa shape index (κ1) is 18.6. The molecule has 0 fully saturated rings. The summed E-state index contributed by atoms with van der Waals surface area (Å²) in [6.07, 6.45) is 0. The summed E-state index contributed by atoms with van der Waals surface area (Å²) in [4.78, 5) is 15.2. The molecule has 0 saturated heterocycles. The number of para-hydroxylation sites is 5. The molecule has 4 aromatic carbocycles. The van der Waals surface area contributed by atoms with Crippen molar-refractivity contribution in [2.24, 2.45) is 0 Å². The van der Waals surface area contributed by atoms with Gasteiger partial charge < -0.3 is 0 Å². The lowest BCUT2D eigenvalue weighted by molar-refractivity contribution is 0.895. The van der Waals surface area contributed by atoms with Gasteiger partial charge in [-0.05, 0) is 29.8 Å². The van der Waals surface area contributed by atoms with E-state index in [1.807, 2.05) is 36.4 Å². The molecule has 0 spiro atoms. The fourth-order valence-electron chi connectivity index (χ4n) is 4.61. The van der Waals surface area contributed by atoms with E-state index in [-0.39, 0.29) is 0 Å². The molecule has 0 unspecified atom stereocenters. The van der Waals surface area contributed by atoms with Crippen molar-refractivity contribution in [2.75, 3.05) is 0 Å². The van der Waals surface area contributed by atoms with Crippen molar-refractivity contribution in [1.82, 2.24) is 19.5 Å². The summed E-state index contributed by atoms with van der Waals surface area (Å²) < 4.78 is 2.29. The maximum Gasteiger partial charge on any atom is 0.174 e. The topological polar surface area (TPSA) is 43.6 Å². The number of thioether (sulfide) groups is 1. The van der Waals surface area contributed by atoms with E-state index in [9.17, 15) is 0 Å². The van der Waals surface area contributed by atoms with Crippen LogP contribution in [-0.4, -0.2) is 19.5 Å². The van der Waals surface area contributed by atoms with Crippen LogP contribution in [0.15, 0.2) is 102 Å². The number of benzene rings is 4. The largest absolute Gasteiger partial charge is 0.286 e. The van der Waals surface area contributed by atoms with Gasteiger partial charge >= 0.3 is 0 Å². The third-order valence-corrected chi connectivity index (χ3v) is 7.09. The molecule has 4 nitrogen and oxygen atoms in total. The first-order valence-corrected chi connectivity index (χ1v) is 11.9. The first-order chi connectivity index (χ1) is 16.4. The second-order valence-electron chi connectivity index (χ2n) is 8.10. The number of aromatic nitrogens is 4. The van der Waals surface area contributed by atoms with Gasteiger partial charge in [0.1, 0.15) is 0 Å². The van der Waals surface area contributed by atoms with Crippen molar-refractivity contribution < 1.29 is 0 Å². The molecule has 6 aromatic rings. The van der Waals surface area contributed by atoms with Gasteiger partial charge in [0, 0.05) is 16.9 Å². The van der Waals surface area contributed by atoms with Crippen LogP contribution in [0.4, 0.5) is 0 Å². The monoisotopic (exact) mass is 442 g/mol. The van der Waals surface area contributed by atoms with Crippen LogP contribution in [0.5, 0.6) is 0 Å². The molecule has 3 heterocycles. The summed E-state index contributed by atoms with van der Waals surface area (Å²) in [7, 11) is 0. The van der Waals surface area contributed by atoms with Crippen LogP contribution in [0.2, 0.25) is 0 Å². The van der Waals surface area contributed by atoms with Gasteiger partial charge in [-0.2, -0.15) is 0 Å². The lowest BCUT2D eigenvalue weighted by atomic mass is 9.99. The Morgan fingerprint density at radius 2 is 1.30 bits per heavy atom. The van der Waals surface area contributed by atoms with Crippen LogP contribution in [0, 0.1) is 0 Å². The molecule has 1 aliphatic rings. The number of hydrogen-bond acceptors (Lipinski definition) is 4. The van der Waals surface area contributed by atoms with E-state index in [2.05, 4.69) is 65.2 Å². The van der Waals surface area contributed by atoms with Crippen LogP contribution in [0.25, 0.3) is 50.3 Å². The number of imidazole rings is 1. The molecule has 156 valence electrons. The van der Waals surface area contributed by atoms with Crippen LogP contribution >= 0.6 is 11.8 Å². The van der Waals surface area contributed by atoms with Crippen molar-refractivity contribution in [1.29, 1.82) is 0 Å². The Kier molecular flexibility index (Phi) is 4.11. The number of fused-ring (bicyclic) bond motifs is 6. The van der Waals surface area contributed by atoms with E-state index in [0.29, 0.717) is 0 Å². The highest BCUT2D eigenvalue weighted by molar-refractivity contribution is 7.98. The lowest BCUT2D eigenvalue weighted by Crippen LogP contribution is -2.09. The van der Waals surface area contributed by atoms with E-state index >= 15 is 0 Å². The Labute approximate surface area is 195 Å². The average Bonchev–Trinajstić information content (AvgIpc) is 3.27. The van der Waals surface area contributed by atoms with Gasteiger partial charge in [0.2, 0.25) is 0 Å². The van der Waals surface area contributed by atoms with Crippen molar-refractivity contribution in [3.05, 3.63) is 103 Å². The van der Waals surface area contributed by atoms with E-state index < -0.39 is 0 Å². The minimum Gasteiger partial charge on any atom is -0.286 e. The van der Waals surface area contributed by atoms with Crippen molar-refractivity contribution in [3.8, 4) is 28.2 Å². The van der Waals surface area contributed by atoms with Gasteiger partial charge in [-0.25, -0.2) is 15.0 Å². The van der Waals surface area contributed by atoms with Gasteiger partial charge in [-0.15, -0.1) is 0 Å². The predicted molar refractivity (Wildman–Crippen MR) is 135 cm³/mol. The summed E-state index contributed by atoms with van der Waals surface area (Å²) in [5, 5.41) is 1.02. The third kappa shape index (κ3) is 2.90. The molecule has 0 aliphatic carbocycles. The smallest absolute Gasteiger partial charge is 0.174 e. The standard InChI is InChI=1S/C28H18N4S/c1-2-9-18(10-3-1)25-26(30-22-14-5-4-13-21(22)29-25)20-12-8-11-19-17-33-28-31-23-15-6-7-16-24(23)32(28)27(19)20/h1-16H,17H2. The molecule has 1 aliphatic heterocycles. The van der Waals surface area contributed by atoms with Crippen LogP contribution in [0.1, 0.15) is 5.56 Å². The zero-order valence-corrected chi connectivity index (χ0v) is 18.5. The summed E-state index contributed by atoms with van der Waals surface area (Å²) in [5.74, 6) is 0.883. The average molecular weight is 443 g/mol. The number of hydrogen-bond donors (Lipinski definition) is 0. The Morgan fingerprint density at radius 3 is 2.12 bits per heavy atom. The summed E-state index contributed by atoms with van der Waals surface area (Å²) in [6.45, 7) is 0. The fourth-order valence-corrected chi connectivity index (χ4v) is 5.61. The van der Waals surface area contributed by atoms with Crippen LogP contribution in [0.3, 0.4) is 0 Å². The Morgan fingerprint density at radius 1 is 0.606 bits per heavy atom. The first-order valence-electron chi connectivity index (χ1n) is 10.9. The molecule has 33 heavy (non-hydrogen) atoms. The fraction of sp³-hybridized carbons (Fsp3) is 0.0357. The summed E-state index contributed by atoms with van der Waals surface area (Å²) in [6, 6.07) is 33.3. The van der Waals surface area contributed by atoms with Gasteiger partial charge in [-0.3, -0.25) is 4.57 Å². The maximum absolute atomic E-state index is 5.16. The van der Waals surface area contributed by atoms with Gasteiger partial charge in [0.15, 0.2) is 5.16 Å². The second-order valence-corrected chi connectivity index (χ2v) is 9.04. The Bertz CT molecular complexity index is 1670.